The Morgan fingerprint density at radius 1 is 1.48 bits per heavy atom. The maximum absolute atomic E-state index is 9.59. The van der Waals surface area contributed by atoms with Gasteiger partial charge < -0.3 is 14.6 Å². The fourth-order valence-electron chi connectivity index (χ4n) is 3.12. The number of alkyl halides is 1. The molecule has 1 N–H and O–H groups in total. The van der Waals surface area contributed by atoms with Crippen LogP contribution in [0.4, 0.5) is 0 Å². The minimum absolute atomic E-state index is 0.0278. The molecule has 0 spiro atoms. The molecule has 0 aromatic heterocycles. The van der Waals surface area contributed by atoms with Gasteiger partial charge in [-0.1, -0.05) is 15.9 Å². The first-order chi connectivity index (χ1) is 10.0. The van der Waals surface area contributed by atoms with Crippen LogP contribution in [0.2, 0.25) is 0 Å². The molecule has 6 heteroatoms. The second-order valence-corrected chi connectivity index (χ2v) is 7.65. The Balaban J connectivity index is 1.66. The summed E-state index contributed by atoms with van der Waals surface area (Å²) in [7, 11) is 0. The van der Waals surface area contributed by atoms with Crippen LogP contribution in [0.15, 0.2) is 27.0 Å². The third-order valence-electron chi connectivity index (χ3n) is 4.28. The number of aliphatic hydroxyl groups excluding tert-OH is 1. The molecule has 1 saturated carbocycles. The van der Waals surface area contributed by atoms with Crippen molar-refractivity contribution in [2.75, 3.05) is 0 Å². The highest BCUT2D eigenvalue weighted by atomic mass is 79.9. The van der Waals surface area contributed by atoms with Gasteiger partial charge in [0.15, 0.2) is 0 Å². The summed E-state index contributed by atoms with van der Waals surface area (Å²) < 4.78 is 13.1. The number of hydrogen-bond donors (Lipinski definition) is 1. The first-order valence-corrected chi connectivity index (χ1v) is 9.22. The predicted molar refractivity (Wildman–Crippen MR) is 88.6 cm³/mol. The molecule has 1 aliphatic carbocycles. The van der Waals surface area contributed by atoms with Crippen molar-refractivity contribution in [2.45, 2.75) is 49.6 Å². The van der Waals surface area contributed by atoms with Crippen LogP contribution in [0.1, 0.15) is 19.8 Å². The normalized spacial score (nSPS) is 40.1. The summed E-state index contributed by atoms with van der Waals surface area (Å²) in [5, 5.41) is 9.38. The first-order valence-electron chi connectivity index (χ1n) is 7.08. The van der Waals surface area contributed by atoms with E-state index in [0.717, 1.165) is 23.1 Å². The summed E-state index contributed by atoms with van der Waals surface area (Å²) in [6, 6.07) is 0. The number of rotatable bonds is 4. The van der Waals surface area contributed by atoms with Crippen molar-refractivity contribution in [2.24, 2.45) is 11.8 Å². The zero-order chi connectivity index (χ0) is 15.1. The molecular weight excluding hydrogens is 423 g/mol. The SMILES string of the molecule is CC(O)C(Cl)[C@@H]1C[C@@H]1C1=C(Br)[C@H]2O[C@H](C=C=CBr)C[C@H]2O1. The first kappa shape index (κ1) is 16.1. The van der Waals surface area contributed by atoms with Crippen LogP contribution in [0.25, 0.3) is 0 Å². The Morgan fingerprint density at radius 2 is 2.24 bits per heavy atom. The Labute approximate surface area is 146 Å². The monoisotopic (exact) mass is 438 g/mol. The minimum Gasteiger partial charge on any atom is -0.490 e. The summed E-state index contributed by atoms with van der Waals surface area (Å²) in [6.07, 6.45) is 3.28. The molecule has 7 atom stereocenters. The maximum Gasteiger partial charge on any atom is 0.132 e. The minimum atomic E-state index is -0.497. The van der Waals surface area contributed by atoms with Crippen molar-refractivity contribution in [3.8, 4) is 0 Å². The van der Waals surface area contributed by atoms with Crippen molar-refractivity contribution >= 4 is 43.5 Å². The van der Waals surface area contributed by atoms with E-state index in [1.165, 1.54) is 0 Å². The lowest BCUT2D eigenvalue weighted by molar-refractivity contribution is 0.0614. The van der Waals surface area contributed by atoms with Gasteiger partial charge in [-0.05, 0) is 41.3 Å². The highest BCUT2D eigenvalue weighted by Gasteiger charge is 2.53. The Kier molecular flexibility index (Phi) is 4.90. The fourth-order valence-corrected chi connectivity index (χ4v) is 4.34. The number of hydrogen-bond acceptors (Lipinski definition) is 3. The molecule has 0 radical (unpaired) electrons. The second-order valence-electron chi connectivity index (χ2n) is 5.83. The number of aliphatic hydroxyl groups is 1. The van der Waals surface area contributed by atoms with E-state index in [9.17, 15) is 5.11 Å². The summed E-state index contributed by atoms with van der Waals surface area (Å²) in [4.78, 5) is 1.69. The zero-order valence-corrected chi connectivity index (χ0v) is 15.4. The van der Waals surface area contributed by atoms with Crippen molar-refractivity contribution in [1.82, 2.24) is 0 Å². The van der Waals surface area contributed by atoms with E-state index >= 15 is 0 Å². The van der Waals surface area contributed by atoms with Crippen LogP contribution in [-0.4, -0.2) is 34.9 Å². The zero-order valence-electron chi connectivity index (χ0n) is 11.5. The van der Waals surface area contributed by atoms with Gasteiger partial charge in [-0.25, -0.2) is 0 Å². The Morgan fingerprint density at radius 3 is 2.86 bits per heavy atom. The lowest BCUT2D eigenvalue weighted by atomic mass is 10.1. The van der Waals surface area contributed by atoms with Crippen molar-refractivity contribution in [3.05, 3.63) is 27.0 Å². The van der Waals surface area contributed by atoms with E-state index in [0.29, 0.717) is 11.8 Å². The van der Waals surface area contributed by atoms with Crippen molar-refractivity contribution in [1.29, 1.82) is 0 Å². The largest absolute Gasteiger partial charge is 0.490 e. The molecule has 3 nitrogen and oxygen atoms in total. The van der Waals surface area contributed by atoms with E-state index in [1.807, 2.05) is 6.08 Å². The molecule has 3 rings (SSSR count). The van der Waals surface area contributed by atoms with E-state index < -0.39 is 6.10 Å². The highest BCUT2D eigenvalue weighted by molar-refractivity contribution is 9.11. The number of fused-ring (bicyclic) bond motifs is 1. The van der Waals surface area contributed by atoms with Crippen LogP contribution in [-0.2, 0) is 9.47 Å². The van der Waals surface area contributed by atoms with Crippen molar-refractivity contribution < 1.29 is 14.6 Å². The van der Waals surface area contributed by atoms with Crippen LogP contribution < -0.4 is 0 Å². The van der Waals surface area contributed by atoms with Gasteiger partial charge in [0.05, 0.1) is 22.1 Å². The molecule has 3 aliphatic rings. The average Bonchev–Trinajstić information content (AvgIpc) is 3.04. The third-order valence-corrected chi connectivity index (χ3v) is 6.07. The fraction of sp³-hybridized carbons (Fsp3) is 0.667. The number of ether oxygens (including phenoxy) is 2. The van der Waals surface area contributed by atoms with Gasteiger partial charge in [-0.3, -0.25) is 0 Å². The van der Waals surface area contributed by atoms with Gasteiger partial charge in [-0.15, -0.1) is 17.3 Å². The number of allylic oxidation sites excluding steroid dienone is 1. The van der Waals surface area contributed by atoms with Gasteiger partial charge >= 0.3 is 0 Å². The smallest absolute Gasteiger partial charge is 0.132 e. The molecule has 0 amide bonds. The molecule has 116 valence electrons. The molecular formula is C15H17Br2ClO3. The van der Waals surface area contributed by atoms with Gasteiger partial charge in [-0.2, -0.15) is 0 Å². The van der Waals surface area contributed by atoms with E-state index in [-0.39, 0.29) is 23.7 Å². The lowest BCUT2D eigenvalue weighted by Gasteiger charge is -2.14. The molecule has 1 saturated heterocycles. The van der Waals surface area contributed by atoms with E-state index in [1.54, 1.807) is 11.9 Å². The molecule has 0 aromatic carbocycles. The topological polar surface area (TPSA) is 38.7 Å². The van der Waals surface area contributed by atoms with Crippen LogP contribution >= 0.6 is 43.5 Å². The third kappa shape index (κ3) is 3.15. The van der Waals surface area contributed by atoms with Crippen LogP contribution in [0, 0.1) is 11.8 Å². The molecule has 2 unspecified atom stereocenters. The standard InChI is InChI=1S/C15H17Br2ClO3/c1-7(19)13(18)9-6-10(9)14-12(17)15-11(21-14)5-8(20-15)3-2-4-16/h3-4,7-11,13,15,19H,5-6H2,1H3/t2?,7?,8-,9-,10+,11-,13?,15+/m1/s1. The quantitative estimate of drug-likeness (QED) is 0.533. The highest BCUT2D eigenvalue weighted by Crippen LogP contribution is 2.55. The predicted octanol–water partition coefficient (Wildman–Crippen LogP) is 3.84. The molecule has 2 heterocycles. The molecule has 21 heavy (non-hydrogen) atoms. The number of halogens is 3. The molecule has 2 fully saturated rings. The van der Waals surface area contributed by atoms with Crippen LogP contribution in [0.3, 0.4) is 0 Å². The average molecular weight is 441 g/mol. The summed E-state index contributed by atoms with van der Waals surface area (Å²) in [5.41, 5.74) is 2.98. The van der Waals surface area contributed by atoms with Gasteiger partial charge in [0.25, 0.3) is 0 Å². The summed E-state index contributed by atoms with van der Waals surface area (Å²) in [6.45, 7) is 1.73. The van der Waals surface area contributed by atoms with Gasteiger partial charge in [0, 0.05) is 17.3 Å². The Hall–Kier alpha value is 0.230. The van der Waals surface area contributed by atoms with Crippen molar-refractivity contribution in [3.63, 3.8) is 0 Å². The molecule has 0 aromatic rings. The maximum atomic E-state index is 9.59. The van der Waals surface area contributed by atoms with Crippen LogP contribution in [0.5, 0.6) is 0 Å². The van der Waals surface area contributed by atoms with Gasteiger partial charge in [0.1, 0.15) is 18.0 Å². The second kappa shape index (κ2) is 6.38. The Bertz CT molecular complexity index is 513. The molecule has 0 bridgehead atoms. The lowest BCUT2D eigenvalue weighted by Crippen LogP contribution is -2.20. The molecule has 2 aliphatic heterocycles. The summed E-state index contributed by atoms with van der Waals surface area (Å²) in [5.74, 6) is 1.57. The van der Waals surface area contributed by atoms with Gasteiger partial charge in [0.2, 0.25) is 0 Å². The van der Waals surface area contributed by atoms with E-state index in [2.05, 4.69) is 37.6 Å². The van der Waals surface area contributed by atoms with E-state index in [4.69, 9.17) is 21.1 Å². The summed E-state index contributed by atoms with van der Waals surface area (Å²) >= 11 is 13.1.